The average molecular weight is 244 g/mol. The largest absolute Gasteiger partial charge is 0.312 e. The van der Waals surface area contributed by atoms with Crippen molar-refractivity contribution in [2.24, 2.45) is 5.92 Å². The molecule has 0 amide bonds. The van der Waals surface area contributed by atoms with Crippen LogP contribution in [0.2, 0.25) is 0 Å². The number of imidazole rings is 1. The second-order valence-electron chi connectivity index (χ2n) is 4.95. The molecule has 0 atom stereocenters. The molecule has 0 aliphatic heterocycles. The SMILES string of the molecule is Cc1cc(-n2ccnc2)c(CNCC(C)C)cn1. The zero-order valence-corrected chi connectivity index (χ0v) is 11.2. The molecule has 2 aromatic heterocycles. The van der Waals surface area contributed by atoms with Crippen LogP contribution in [-0.2, 0) is 6.54 Å². The summed E-state index contributed by atoms with van der Waals surface area (Å²) < 4.78 is 2.03. The molecule has 0 saturated heterocycles. The number of nitrogens with zero attached hydrogens (tertiary/aromatic N) is 3. The molecule has 0 radical (unpaired) electrons. The Balaban J connectivity index is 2.19. The van der Waals surface area contributed by atoms with Crippen molar-refractivity contribution in [3.05, 3.63) is 42.2 Å². The molecule has 0 spiro atoms. The van der Waals surface area contributed by atoms with Crippen molar-refractivity contribution < 1.29 is 0 Å². The molecule has 2 rings (SSSR count). The van der Waals surface area contributed by atoms with Crippen LogP contribution in [0, 0.1) is 12.8 Å². The Morgan fingerprint density at radius 2 is 2.22 bits per heavy atom. The zero-order valence-electron chi connectivity index (χ0n) is 11.2. The summed E-state index contributed by atoms with van der Waals surface area (Å²) in [5.41, 5.74) is 3.36. The number of aromatic nitrogens is 3. The lowest BCUT2D eigenvalue weighted by atomic mass is 10.2. The molecule has 0 bridgehead atoms. The highest BCUT2D eigenvalue weighted by molar-refractivity contribution is 5.40. The number of rotatable bonds is 5. The van der Waals surface area contributed by atoms with Crippen LogP contribution in [-0.4, -0.2) is 21.1 Å². The van der Waals surface area contributed by atoms with E-state index in [1.165, 1.54) is 5.56 Å². The van der Waals surface area contributed by atoms with Gasteiger partial charge < -0.3 is 9.88 Å². The molecular formula is C14H20N4. The number of aryl methyl sites for hydroxylation is 1. The van der Waals surface area contributed by atoms with Crippen molar-refractivity contribution in [2.45, 2.75) is 27.3 Å². The van der Waals surface area contributed by atoms with Crippen LogP contribution in [0.25, 0.3) is 5.69 Å². The lowest BCUT2D eigenvalue weighted by Gasteiger charge is -2.12. The van der Waals surface area contributed by atoms with E-state index in [0.29, 0.717) is 5.92 Å². The van der Waals surface area contributed by atoms with E-state index in [-0.39, 0.29) is 0 Å². The first-order valence-electron chi connectivity index (χ1n) is 6.31. The smallest absolute Gasteiger partial charge is 0.0991 e. The van der Waals surface area contributed by atoms with Gasteiger partial charge >= 0.3 is 0 Å². The average Bonchev–Trinajstić information content (AvgIpc) is 2.84. The minimum atomic E-state index is 0.653. The molecule has 2 aromatic rings. The van der Waals surface area contributed by atoms with E-state index in [1.54, 1.807) is 6.20 Å². The molecule has 4 nitrogen and oxygen atoms in total. The van der Waals surface area contributed by atoms with Gasteiger partial charge in [-0.1, -0.05) is 13.8 Å². The maximum absolute atomic E-state index is 4.37. The third-order valence-corrected chi connectivity index (χ3v) is 2.75. The van der Waals surface area contributed by atoms with Crippen molar-refractivity contribution in [2.75, 3.05) is 6.54 Å². The van der Waals surface area contributed by atoms with Gasteiger partial charge in [-0.05, 0) is 25.5 Å². The second kappa shape index (κ2) is 5.78. The quantitative estimate of drug-likeness (QED) is 0.877. The summed E-state index contributed by atoms with van der Waals surface area (Å²) in [4.78, 5) is 8.47. The minimum absolute atomic E-state index is 0.653. The summed E-state index contributed by atoms with van der Waals surface area (Å²) in [5.74, 6) is 0.653. The Morgan fingerprint density at radius 3 is 2.89 bits per heavy atom. The van der Waals surface area contributed by atoms with Crippen LogP contribution >= 0.6 is 0 Å². The van der Waals surface area contributed by atoms with E-state index in [1.807, 2.05) is 30.2 Å². The van der Waals surface area contributed by atoms with Crippen molar-refractivity contribution in [3.8, 4) is 5.69 Å². The lowest BCUT2D eigenvalue weighted by Crippen LogP contribution is -2.20. The maximum Gasteiger partial charge on any atom is 0.0991 e. The molecule has 0 unspecified atom stereocenters. The summed E-state index contributed by atoms with van der Waals surface area (Å²) in [5, 5.41) is 3.45. The van der Waals surface area contributed by atoms with Crippen LogP contribution in [0.5, 0.6) is 0 Å². The lowest BCUT2D eigenvalue weighted by molar-refractivity contribution is 0.551. The predicted octanol–water partition coefficient (Wildman–Crippen LogP) is 2.32. The Labute approximate surface area is 108 Å². The van der Waals surface area contributed by atoms with Crippen molar-refractivity contribution in [3.63, 3.8) is 0 Å². The molecule has 0 fully saturated rings. The van der Waals surface area contributed by atoms with Crippen molar-refractivity contribution >= 4 is 0 Å². The fourth-order valence-electron chi connectivity index (χ4n) is 1.85. The number of hydrogen-bond donors (Lipinski definition) is 1. The zero-order chi connectivity index (χ0) is 13.0. The van der Waals surface area contributed by atoms with Gasteiger partial charge in [-0.25, -0.2) is 4.98 Å². The van der Waals surface area contributed by atoms with E-state index in [2.05, 4.69) is 35.2 Å². The molecule has 1 N–H and O–H groups in total. The van der Waals surface area contributed by atoms with E-state index in [4.69, 9.17) is 0 Å². The van der Waals surface area contributed by atoms with Crippen LogP contribution in [0.3, 0.4) is 0 Å². The standard InChI is InChI=1S/C14H20N4/c1-11(2)7-16-8-13-9-17-12(3)6-14(13)18-5-4-15-10-18/h4-6,9-11,16H,7-8H2,1-3H3. The van der Waals surface area contributed by atoms with Gasteiger partial charge in [0.2, 0.25) is 0 Å². The highest BCUT2D eigenvalue weighted by Gasteiger charge is 2.05. The Morgan fingerprint density at radius 1 is 1.39 bits per heavy atom. The first-order valence-corrected chi connectivity index (χ1v) is 6.31. The molecule has 4 heteroatoms. The first kappa shape index (κ1) is 12.8. The van der Waals surface area contributed by atoms with Gasteiger partial charge in [0.25, 0.3) is 0 Å². The van der Waals surface area contributed by atoms with E-state index in [9.17, 15) is 0 Å². The Bertz CT molecular complexity index is 489. The minimum Gasteiger partial charge on any atom is -0.312 e. The number of nitrogens with one attached hydrogen (secondary N) is 1. The monoisotopic (exact) mass is 244 g/mol. The van der Waals surface area contributed by atoms with E-state index in [0.717, 1.165) is 24.5 Å². The van der Waals surface area contributed by atoms with Gasteiger partial charge in [-0.3, -0.25) is 4.98 Å². The number of hydrogen-bond acceptors (Lipinski definition) is 3. The number of pyridine rings is 1. The Kier molecular flexibility index (Phi) is 4.10. The molecule has 0 aliphatic carbocycles. The maximum atomic E-state index is 4.37. The van der Waals surface area contributed by atoms with E-state index < -0.39 is 0 Å². The third kappa shape index (κ3) is 3.17. The predicted molar refractivity (Wildman–Crippen MR) is 72.6 cm³/mol. The second-order valence-corrected chi connectivity index (χ2v) is 4.95. The van der Waals surface area contributed by atoms with Gasteiger partial charge in [0.1, 0.15) is 0 Å². The van der Waals surface area contributed by atoms with Crippen molar-refractivity contribution in [1.29, 1.82) is 0 Å². The molecule has 0 aliphatic rings. The van der Waals surface area contributed by atoms with Gasteiger partial charge in [-0.2, -0.15) is 0 Å². The van der Waals surface area contributed by atoms with Crippen LogP contribution in [0.15, 0.2) is 31.0 Å². The van der Waals surface area contributed by atoms with Crippen LogP contribution in [0.4, 0.5) is 0 Å². The molecule has 2 heterocycles. The third-order valence-electron chi connectivity index (χ3n) is 2.75. The van der Waals surface area contributed by atoms with Gasteiger partial charge in [0, 0.05) is 36.4 Å². The molecule has 0 saturated carbocycles. The van der Waals surface area contributed by atoms with Crippen LogP contribution < -0.4 is 5.32 Å². The summed E-state index contributed by atoms with van der Waals surface area (Å²) in [6.07, 6.45) is 7.51. The molecular weight excluding hydrogens is 224 g/mol. The van der Waals surface area contributed by atoms with Crippen molar-refractivity contribution in [1.82, 2.24) is 19.9 Å². The highest BCUT2D eigenvalue weighted by Crippen LogP contribution is 2.14. The fraction of sp³-hybridized carbons (Fsp3) is 0.429. The first-order chi connectivity index (χ1) is 8.66. The van der Waals surface area contributed by atoms with Crippen LogP contribution in [0.1, 0.15) is 25.1 Å². The summed E-state index contributed by atoms with van der Waals surface area (Å²) in [7, 11) is 0. The highest BCUT2D eigenvalue weighted by atomic mass is 15.0. The summed E-state index contributed by atoms with van der Waals surface area (Å²) in [6, 6.07) is 2.09. The fourth-order valence-corrected chi connectivity index (χ4v) is 1.85. The van der Waals surface area contributed by atoms with Gasteiger partial charge in [-0.15, -0.1) is 0 Å². The molecule has 96 valence electrons. The molecule has 0 aromatic carbocycles. The normalized spacial score (nSPS) is 11.1. The van der Waals surface area contributed by atoms with Gasteiger partial charge in [0.15, 0.2) is 0 Å². The summed E-state index contributed by atoms with van der Waals surface area (Å²) in [6.45, 7) is 8.26. The topological polar surface area (TPSA) is 42.7 Å². The summed E-state index contributed by atoms with van der Waals surface area (Å²) >= 11 is 0. The van der Waals surface area contributed by atoms with E-state index >= 15 is 0 Å². The Hall–Kier alpha value is -1.68. The van der Waals surface area contributed by atoms with Gasteiger partial charge in [0.05, 0.1) is 12.0 Å². The molecule has 18 heavy (non-hydrogen) atoms.